The number of hydrogen-bond donors (Lipinski definition) is 0. The van der Waals surface area contributed by atoms with Gasteiger partial charge >= 0.3 is 17.9 Å². The summed E-state index contributed by atoms with van der Waals surface area (Å²) in [6.07, 6.45) is 70.7. The number of benzene rings is 4. The maximum atomic E-state index is 14.8. The molecule has 726 valence electrons. The van der Waals surface area contributed by atoms with Crippen molar-refractivity contribution in [3.63, 3.8) is 0 Å². The quantitative estimate of drug-likeness (QED) is 0.0187. The molecule has 8 aliphatic rings. The molecule has 0 N–H and O–H groups in total. The fourth-order valence-corrected chi connectivity index (χ4v) is 25.5. The van der Waals surface area contributed by atoms with E-state index in [0.29, 0.717) is 40.7 Å². The summed E-state index contributed by atoms with van der Waals surface area (Å²) >= 11 is 0. The van der Waals surface area contributed by atoms with Crippen molar-refractivity contribution in [2.24, 2.45) is 87.8 Å². The van der Waals surface area contributed by atoms with Crippen LogP contribution < -0.4 is 14.2 Å². The zero-order chi connectivity index (χ0) is 92.5. The lowest BCUT2D eigenvalue weighted by Gasteiger charge is -2.58. The first kappa shape index (κ1) is 107. The van der Waals surface area contributed by atoms with Crippen molar-refractivity contribution in [1.29, 1.82) is 0 Å². The van der Waals surface area contributed by atoms with Gasteiger partial charge in [-0.2, -0.15) is 0 Å². The minimum absolute atomic E-state index is 0.0522. The van der Waals surface area contributed by atoms with Crippen LogP contribution in [0.15, 0.2) is 96.6 Å². The molecule has 7 fully saturated rings. The lowest BCUT2D eigenvalue weighted by Crippen LogP contribution is -2.51. The highest BCUT2D eigenvalue weighted by Crippen LogP contribution is 2.68. The van der Waals surface area contributed by atoms with E-state index in [1.54, 1.807) is 71.8 Å². The fraction of sp³-hybridized carbons (Fsp3) is 0.756. The Morgan fingerprint density at radius 3 is 1.50 bits per heavy atom. The molecule has 0 radical (unpaired) electrons. The van der Waals surface area contributed by atoms with Gasteiger partial charge in [0.2, 0.25) is 0 Å². The number of unbranched alkanes of at least 4 members (excludes halogenated alkanes) is 14. The molecule has 7 saturated carbocycles. The Morgan fingerprint density at radius 2 is 0.961 bits per heavy atom. The smallest absolute Gasteiger partial charge is 0.343 e. The average molecular weight is 1780 g/mol. The summed E-state index contributed by atoms with van der Waals surface area (Å²) in [5.41, 5.74) is 7.39. The van der Waals surface area contributed by atoms with E-state index >= 15 is 0 Å². The Balaban J connectivity index is 0.000000196. The summed E-state index contributed by atoms with van der Waals surface area (Å²) in [4.78, 5) is 37.3. The molecule has 0 spiro atoms. The van der Waals surface area contributed by atoms with Gasteiger partial charge in [-0.05, 0) is 358 Å². The average Bonchev–Trinajstić information content (AvgIpc) is 1.53. The fourth-order valence-electron chi connectivity index (χ4n) is 25.5. The molecular formula is C119H188F2O8. The first-order valence-corrected chi connectivity index (χ1v) is 54.8. The molecule has 11 atom stereocenters. The SMILES string of the molecule is CCCC1CCC(C2CCC(c3ccc(CC(C)CC)cc3)CC2)CC1.CCCCCCC(C)Oc1c(F)cc(C2CCC(C3CCC(CCC)CC3)CC2)cc1F.CCCCCCCCC(=O)O[C@H]1CC[C@@]2(C)C(=CC[C@H]3[C@@H]4CC[C@H]([C@H](C)CCCC(C)C)[C@@]4(C)CC[C@@H]32)C1.CCCCCCOc1ccc(C(=O)Oc2ccc(C(=O)OC(C)CCCCCC)cc2)cc1. The summed E-state index contributed by atoms with van der Waals surface area (Å²) < 4.78 is 57.9. The predicted octanol–water partition coefficient (Wildman–Crippen LogP) is 35.8. The summed E-state index contributed by atoms with van der Waals surface area (Å²) in [6, 6.07) is 26.2. The van der Waals surface area contributed by atoms with E-state index in [2.05, 4.69) is 120 Å². The molecule has 129 heavy (non-hydrogen) atoms. The number of halogens is 2. The van der Waals surface area contributed by atoms with Crippen LogP contribution in [0.2, 0.25) is 0 Å². The number of fused-ring (bicyclic) bond motifs is 5. The van der Waals surface area contributed by atoms with E-state index < -0.39 is 17.6 Å². The third-order valence-electron chi connectivity index (χ3n) is 33.8. The zero-order valence-corrected chi connectivity index (χ0v) is 85.0. The van der Waals surface area contributed by atoms with E-state index in [-0.39, 0.29) is 41.9 Å². The number of allylic oxidation sites excluding steroid dienone is 1. The highest BCUT2D eigenvalue weighted by Gasteiger charge is 2.59. The number of ether oxygens (including phenoxy) is 5. The van der Waals surface area contributed by atoms with Gasteiger partial charge in [-0.1, -0.05) is 293 Å². The van der Waals surface area contributed by atoms with Crippen LogP contribution in [0, 0.1) is 99.4 Å². The summed E-state index contributed by atoms with van der Waals surface area (Å²) in [5, 5.41) is 0. The van der Waals surface area contributed by atoms with Crippen molar-refractivity contribution in [2.75, 3.05) is 6.61 Å². The van der Waals surface area contributed by atoms with Crippen LogP contribution in [0.25, 0.3) is 0 Å². The Bertz CT molecular complexity index is 3750. The number of hydrogen-bond acceptors (Lipinski definition) is 8. The second-order valence-corrected chi connectivity index (χ2v) is 44.0. The molecule has 4 aromatic rings. The molecule has 10 heteroatoms. The highest BCUT2D eigenvalue weighted by atomic mass is 19.1. The van der Waals surface area contributed by atoms with E-state index in [9.17, 15) is 23.2 Å². The number of carbonyl (C=O) groups excluding carboxylic acids is 3. The van der Waals surface area contributed by atoms with Crippen molar-refractivity contribution < 1.29 is 46.8 Å². The van der Waals surface area contributed by atoms with Gasteiger partial charge in [0.05, 0.1) is 29.9 Å². The van der Waals surface area contributed by atoms with E-state index in [1.165, 1.54) is 262 Å². The molecule has 4 aromatic carbocycles. The van der Waals surface area contributed by atoms with Crippen LogP contribution in [-0.2, 0) is 20.7 Å². The van der Waals surface area contributed by atoms with Gasteiger partial charge in [-0.3, -0.25) is 4.79 Å². The van der Waals surface area contributed by atoms with Crippen molar-refractivity contribution in [2.45, 2.75) is 481 Å². The van der Waals surface area contributed by atoms with Crippen LogP contribution in [0.3, 0.4) is 0 Å². The van der Waals surface area contributed by atoms with Crippen LogP contribution in [0.1, 0.15) is 493 Å². The Morgan fingerprint density at radius 1 is 0.457 bits per heavy atom. The van der Waals surface area contributed by atoms with Gasteiger partial charge in [0.15, 0.2) is 17.4 Å². The molecular weight excluding hydrogens is 1600 g/mol. The Hall–Kier alpha value is -5.51. The van der Waals surface area contributed by atoms with Gasteiger partial charge in [0.25, 0.3) is 0 Å². The number of rotatable bonds is 46. The summed E-state index contributed by atoms with van der Waals surface area (Å²) in [5.74, 6) is 12.1. The second kappa shape index (κ2) is 57.4. The van der Waals surface area contributed by atoms with E-state index in [0.717, 1.165) is 178 Å². The molecule has 8 nitrogen and oxygen atoms in total. The molecule has 8 aliphatic carbocycles. The van der Waals surface area contributed by atoms with Crippen molar-refractivity contribution in [3.8, 4) is 17.2 Å². The molecule has 0 aliphatic heterocycles. The van der Waals surface area contributed by atoms with Gasteiger partial charge < -0.3 is 23.7 Å². The van der Waals surface area contributed by atoms with E-state index in [1.807, 2.05) is 13.8 Å². The van der Waals surface area contributed by atoms with Crippen molar-refractivity contribution in [1.82, 2.24) is 0 Å². The molecule has 0 heterocycles. The topological polar surface area (TPSA) is 97.4 Å². The highest BCUT2D eigenvalue weighted by molar-refractivity contribution is 5.92. The zero-order valence-electron chi connectivity index (χ0n) is 85.0. The van der Waals surface area contributed by atoms with Gasteiger partial charge in [0.1, 0.15) is 17.6 Å². The standard InChI is InChI=1S/C36H62O2.C29H46F2O.C28H38O5.C26H42/c1-7-8-9-10-11-12-16-34(37)38-29-21-23-35(5)28(25-29)17-18-30-32-20-19-31(27(4)15-13-14-26(2)3)36(32,6)24-22-33(30)35;1-4-6-7-8-10-21(3)32-29-27(30)19-26(20-28(29)31)25-17-15-24(16-18-25)23-13-11-22(9-5-2)12-14-23;1-4-6-8-10-12-22(3)32-27(29)23-15-19-26(20-16-23)33-28(30)24-13-17-25(18-14-24)31-21-11-9-7-5-2;1-4-6-21-7-11-23(12-8-21)25-15-17-26(18-16-25)24-13-9-22(10-14-24)19-20(3)5-2/h17,26-27,29-33H,7-16,18-25H2,1-6H3;19-25H,4-18H2,1-3H3;13-20,22H,4-12,21H2,1-3H3;9-10,13-14,20-21,23,25-26H,4-8,11-12,15-19H2,1-3H3/t27-,29+,30+,31-,32+,33+,35+,36-;;;/m1.../s1. The van der Waals surface area contributed by atoms with Gasteiger partial charge in [-0.25, -0.2) is 18.4 Å². The molecule has 3 unspecified atom stereocenters. The Kier molecular flexibility index (Phi) is 47.7. The normalized spacial score (nSPS) is 26.9. The second-order valence-electron chi connectivity index (χ2n) is 44.0. The van der Waals surface area contributed by atoms with Gasteiger partial charge in [0, 0.05) is 12.8 Å². The third-order valence-corrected chi connectivity index (χ3v) is 33.8. The molecule has 0 bridgehead atoms. The van der Waals surface area contributed by atoms with Crippen molar-refractivity contribution >= 4 is 17.9 Å². The number of esters is 3. The minimum atomic E-state index is -0.531. The third kappa shape index (κ3) is 34.4. The monoisotopic (exact) mass is 1780 g/mol. The van der Waals surface area contributed by atoms with Crippen molar-refractivity contribution in [3.05, 3.63) is 136 Å². The van der Waals surface area contributed by atoms with E-state index in [4.69, 9.17) is 23.7 Å². The van der Waals surface area contributed by atoms with Crippen LogP contribution in [-0.4, -0.2) is 42.8 Å². The summed E-state index contributed by atoms with van der Waals surface area (Å²) in [6.45, 7) is 35.2. The number of carbonyl (C=O) groups is 3. The van der Waals surface area contributed by atoms with Gasteiger partial charge in [-0.15, -0.1) is 0 Å². The lowest BCUT2D eigenvalue weighted by molar-refractivity contribution is -0.151. The first-order chi connectivity index (χ1) is 62.4. The maximum Gasteiger partial charge on any atom is 0.343 e. The Labute approximate surface area is 788 Å². The predicted molar refractivity (Wildman–Crippen MR) is 537 cm³/mol. The van der Waals surface area contributed by atoms with Crippen LogP contribution in [0.5, 0.6) is 17.2 Å². The molecule has 12 rings (SSSR count). The molecule has 0 amide bonds. The molecule has 0 aromatic heterocycles. The van der Waals surface area contributed by atoms with Crippen LogP contribution in [0.4, 0.5) is 8.78 Å². The molecule has 0 saturated heterocycles. The lowest BCUT2D eigenvalue weighted by atomic mass is 9.47. The first-order valence-electron chi connectivity index (χ1n) is 54.8. The minimum Gasteiger partial charge on any atom is -0.494 e. The summed E-state index contributed by atoms with van der Waals surface area (Å²) in [7, 11) is 0. The maximum absolute atomic E-state index is 14.8. The van der Waals surface area contributed by atoms with Crippen LogP contribution >= 0.6 is 0 Å². The largest absolute Gasteiger partial charge is 0.494 e.